The first-order valence-electron chi connectivity index (χ1n) is 8.34. The molecule has 0 saturated carbocycles. The Morgan fingerprint density at radius 2 is 1.52 bits per heavy atom. The number of aryl methyl sites for hydroxylation is 2. The van der Waals surface area contributed by atoms with Crippen LogP contribution in [0.2, 0.25) is 0 Å². The molecule has 0 atom stereocenters. The van der Waals surface area contributed by atoms with Crippen molar-refractivity contribution < 1.29 is 0 Å². The van der Waals surface area contributed by atoms with Crippen LogP contribution in [-0.2, 0) is 0 Å². The number of aromatic nitrogens is 6. The van der Waals surface area contributed by atoms with Crippen molar-refractivity contribution >= 4 is 11.6 Å². The third-order valence-corrected chi connectivity index (χ3v) is 4.34. The molecule has 0 N–H and O–H groups in total. The average Bonchev–Trinajstić information content (AvgIpc) is 3.01. The van der Waals surface area contributed by atoms with E-state index < -0.39 is 0 Å². The maximum Gasteiger partial charge on any atom is 0.176 e. The van der Waals surface area contributed by atoms with Gasteiger partial charge in [0.2, 0.25) is 0 Å². The Bertz CT molecular complexity index is 835. The van der Waals surface area contributed by atoms with Crippen molar-refractivity contribution in [2.75, 3.05) is 36.0 Å². The van der Waals surface area contributed by atoms with Crippen LogP contribution in [0.4, 0.5) is 11.6 Å². The standard InChI is InChI=1S/C17H20N8/c1-13-11-14(2)25(22-13)16-4-3-15(20-21-16)23-7-9-24(10-8-23)17-12-18-5-6-19-17/h3-6,11-12H,7-10H2,1-2H3. The van der Waals surface area contributed by atoms with Gasteiger partial charge in [-0.15, -0.1) is 10.2 Å². The van der Waals surface area contributed by atoms with Crippen LogP contribution in [-0.4, -0.2) is 56.1 Å². The second-order valence-corrected chi connectivity index (χ2v) is 6.13. The maximum absolute atomic E-state index is 4.45. The molecule has 4 rings (SSSR count). The van der Waals surface area contributed by atoms with E-state index in [0.29, 0.717) is 0 Å². The van der Waals surface area contributed by atoms with Crippen molar-refractivity contribution in [2.45, 2.75) is 13.8 Å². The van der Waals surface area contributed by atoms with Gasteiger partial charge >= 0.3 is 0 Å². The van der Waals surface area contributed by atoms with E-state index in [-0.39, 0.29) is 0 Å². The van der Waals surface area contributed by atoms with Crippen molar-refractivity contribution in [3.05, 3.63) is 48.2 Å². The molecule has 0 bridgehead atoms. The van der Waals surface area contributed by atoms with Crippen molar-refractivity contribution in [1.82, 2.24) is 29.9 Å². The Kier molecular flexibility index (Phi) is 4.01. The summed E-state index contributed by atoms with van der Waals surface area (Å²) in [6.07, 6.45) is 5.23. The van der Waals surface area contributed by atoms with Gasteiger partial charge in [0, 0.05) is 44.3 Å². The summed E-state index contributed by atoms with van der Waals surface area (Å²) >= 11 is 0. The van der Waals surface area contributed by atoms with Gasteiger partial charge in [0.25, 0.3) is 0 Å². The predicted octanol–water partition coefficient (Wildman–Crippen LogP) is 1.40. The van der Waals surface area contributed by atoms with Gasteiger partial charge in [0.1, 0.15) is 5.82 Å². The van der Waals surface area contributed by atoms with Crippen molar-refractivity contribution in [3.63, 3.8) is 0 Å². The quantitative estimate of drug-likeness (QED) is 0.715. The SMILES string of the molecule is Cc1cc(C)n(-c2ccc(N3CCN(c4cnccn4)CC3)nn2)n1. The summed E-state index contributed by atoms with van der Waals surface area (Å²) in [6.45, 7) is 7.53. The largest absolute Gasteiger partial charge is 0.352 e. The van der Waals surface area contributed by atoms with Crippen molar-refractivity contribution in [3.8, 4) is 5.82 Å². The summed E-state index contributed by atoms with van der Waals surface area (Å²) in [4.78, 5) is 13.0. The van der Waals surface area contributed by atoms with Crippen LogP contribution in [0.3, 0.4) is 0 Å². The molecule has 3 aromatic heterocycles. The first-order valence-corrected chi connectivity index (χ1v) is 8.34. The summed E-state index contributed by atoms with van der Waals surface area (Å²) < 4.78 is 1.82. The first kappa shape index (κ1) is 15.5. The number of anilines is 2. The topological polar surface area (TPSA) is 75.9 Å². The smallest absolute Gasteiger partial charge is 0.176 e. The van der Waals surface area contributed by atoms with Crippen LogP contribution in [0.15, 0.2) is 36.8 Å². The molecule has 1 saturated heterocycles. The minimum atomic E-state index is 0.743. The summed E-state index contributed by atoms with van der Waals surface area (Å²) in [5, 5.41) is 13.2. The molecule has 0 spiro atoms. The molecule has 0 amide bonds. The molecule has 0 aromatic carbocycles. The summed E-state index contributed by atoms with van der Waals surface area (Å²) in [5.41, 5.74) is 2.03. The molecule has 128 valence electrons. The number of hydrogen-bond donors (Lipinski definition) is 0. The Balaban J connectivity index is 1.44. The minimum absolute atomic E-state index is 0.743. The molecule has 1 aliphatic heterocycles. The van der Waals surface area contributed by atoms with Crippen LogP contribution in [0.25, 0.3) is 5.82 Å². The van der Waals surface area contributed by atoms with Crippen molar-refractivity contribution in [2.24, 2.45) is 0 Å². The Hall–Kier alpha value is -3.03. The number of nitrogens with zero attached hydrogens (tertiary/aromatic N) is 8. The van der Waals surface area contributed by atoms with Crippen LogP contribution in [0.5, 0.6) is 0 Å². The third-order valence-electron chi connectivity index (χ3n) is 4.34. The normalized spacial score (nSPS) is 14.8. The highest BCUT2D eigenvalue weighted by atomic mass is 15.4. The fourth-order valence-corrected chi connectivity index (χ4v) is 3.08. The molecule has 4 heterocycles. The lowest BCUT2D eigenvalue weighted by Crippen LogP contribution is -2.47. The summed E-state index contributed by atoms with van der Waals surface area (Å²) in [7, 11) is 0. The molecule has 1 aliphatic rings. The van der Waals surface area contributed by atoms with E-state index in [1.54, 1.807) is 18.6 Å². The van der Waals surface area contributed by atoms with Gasteiger partial charge in [0.05, 0.1) is 11.9 Å². The number of hydrogen-bond acceptors (Lipinski definition) is 7. The van der Waals surface area contributed by atoms with Gasteiger partial charge in [-0.2, -0.15) is 5.10 Å². The molecule has 25 heavy (non-hydrogen) atoms. The van der Waals surface area contributed by atoms with Gasteiger partial charge in [-0.1, -0.05) is 0 Å². The Morgan fingerprint density at radius 3 is 2.08 bits per heavy atom. The molecule has 0 radical (unpaired) electrons. The van der Waals surface area contributed by atoms with Gasteiger partial charge < -0.3 is 9.80 Å². The van der Waals surface area contributed by atoms with E-state index in [4.69, 9.17) is 0 Å². The van der Waals surface area contributed by atoms with Crippen LogP contribution >= 0.6 is 0 Å². The lowest BCUT2D eigenvalue weighted by atomic mass is 10.3. The Morgan fingerprint density at radius 1 is 0.840 bits per heavy atom. The highest BCUT2D eigenvalue weighted by molar-refractivity contribution is 5.44. The lowest BCUT2D eigenvalue weighted by molar-refractivity contribution is 0.635. The third kappa shape index (κ3) is 3.15. The predicted molar refractivity (Wildman–Crippen MR) is 95.1 cm³/mol. The van der Waals surface area contributed by atoms with Gasteiger partial charge in [-0.25, -0.2) is 9.67 Å². The maximum atomic E-state index is 4.45. The fraction of sp³-hybridized carbons (Fsp3) is 0.353. The van der Waals surface area contributed by atoms with Gasteiger partial charge in [-0.05, 0) is 32.0 Å². The summed E-state index contributed by atoms with van der Waals surface area (Å²) in [5.74, 6) is 2.56. The highest BCUT2D eigenvalue weighted by Crippen LogP contribution is 2.17. The molecule has 8 nitrogen and oxygen atoms in total. The minimum Gasteiger partial charge on any atom is -0.352 e. The molecule has 1 fully saturated rings. The van der Waals surface area contributed by atoms with Gasteiger partial charge in [0.15, 0.2) is 11.6 Å². The zero-order valence-electron chi connectivity index (χ0n) is 14.4. The van der Waals surface area contributed by atoms with E-state index in [9.17, 15) is 0 Å². The Labute approximate surface area is 146 Å². The molecular weight excluding hydrogens is 316 g/mol. The zero-order valence-corrected chi connectivity index (χ0v) is 14.4. The molecule has 8 heteroatoms. The van der Waals surface area contributed by atoms with E-state index in [0.717, 1.165) is 55.0 Å². The van der Waals surface area contributed by atoms with Crippen molar-refractivity contribution in [1.29, 1.82) is 0 Å². The highest BCUT2D eigenvalue weighted by Gasteiger charge is 2.19. The summed E-state index contributed by atoms with van der Waals surface area (Å²) in [6, 6.07) is 6.01. The lowest BCUT2D eigenvalue weighted by Gasteiger charge is -2.35. The molecule has 0 aliphatic carbocycles. The molecular formula is C17H20N8. The molecule has 3 aromatic rings. The molecule has 0 unspecified atom stereocenters. The fourth-order valence-electron chi connectivity index (χ4n) is 3.08. The number of rotatable bonds is 3. The van der Waals surface area contributed by atoms with E-state index >= 15 is 0 Å². The first-order chi connectivity index (χ1) is 12.2. The zero-order chi connectivity index (χ0) is 17.2. The monoisotopic (exact) mass is 336 g/mol. The second kappa shape index (κ2) is 6.46. The van der Waals surface area contributed by atoms with E-state index in [1.807, 2.05) is 36.7 Å². The van der Waals surface area contributed by atoms with E-state index in [1.165, 1.54) is 0 Å². The van der Waals surface area contributed by atoms with Crippen LogP contribution in [0, 0.1) is 13.8 Å². The van der Waals surface area contributed by atoms with Gasteiger partial charge in [-0.3, -0.25) is 4.98 Å². The van der Waals surface area contributed by atoms with E-state index in [2.05, 4.69) is 35.1 Å². The van der Waals surface area contributed by atoms with Crippen LogP contribution in [0.1, 0.15) is 11.4 Å². The van der Waals surface area contributed by atoms with Crippen LogP contribution < -0.4 is 9.80 Å². The average molecular weight is 336 g/mol. The number of piperazine rings is 1. The second-order valence-electron chi connectivity index (χ2n) is 6.13.